The Kier molecular flexibility index (Phi) is 6.07. The van der Waals surface area contributed by atoms with Crippen LogP contribution in [-0.4, -0.2) is 19.4 Å². The van der Waals surface area contributed by atoms with E-state index in [1.54, 1.807) is 32.9 Å². The average Bonchev–Trinajstić information content (AvgIpc) is 2.90. The molecule has 1 aliphatic rings. The van der Waals surface area contributed by atoms with Crippen molar-refractivity contribution in [2.75, 3.05) is 0 Å². The van der Waals surface area contributed by atoms with Gasteiger partial charge in [-0.25, -0.2) is 17.5 Å². The van der Waals surface area contributed by atoms with Crippen LogP contribution in [0.15, 0.2) is 35.2 Å². The Bertz CT molecular complexity index is 1180. The standard InChI is InChI=1S/C25H32FNO4S/c1-14(2)18-11-17(26)12-20-22(18)19(13-24(20,4)5)23(28)27-32(30,31)21-9-8-16(10-15(21)3)25(6,7)29/h8-12,14,19,29H,13H2,1-7H3,(H,27,28). The summed E-state index contributed by atoms with van der Waals surface area (Å²) in [6, 6.07) is 7.45. The Hall–Kier alpha value is -2.25. The minimum absolute atomic E-state index is 0.0143. The number of hydrogen-bond acceptors (Lipinski definition) is 4. The van der Waals surface area contributed by atoms with Crippen molar-refractivity contribution in [1.29, 1.82) is 0 Å². The normalized spacial score (nSPS) is 18.0. The van der Waals surface area contributed by atoms with Gasteiger partial charge in [0.25, 0.3) is 10.0 Å². The van der Waals surface area contributed by atoms with Gasteiger partial charge in [-0.3, -0.25) is 4.79 Å². The van der Waals surface area contributed by atoms with Gasteiger partial charge in [-0.15, -0.1) is 0 Å². The van der Waals surface area contributed by atoms with Crippen LogP contribution in [0.25, 0.3) is 0 Å². The van der Waals surface area contributed by atoms with Gasteiger partial charge in [-0.1, -0.05) is 39.8 Å². The summed E-state index contributed by atoms with van der Waals surface area (Å²) in [5.74, 6) is -1.67. The highest BCUT2D eigenvalue weighted by Gasteiger charge is 2.43. The van der Waals surface area contributed by atoms with E-state index in [-0.39, 0.29) is 16.6 Å². The first-order valence-corrected chi connectivity index (χ1v) is 12.3. The quantitative estimate of drug-likeness (QED) is 0.673. The number of hydrogen-bond donors (Lipinski definition) is 2. The van der Waals surface area contributed by atoms with Crippen LogP contribution < -0.4 is 4.72 Å². The molecule has 2 aromatic carbocycles. The number of amides is 1. The van der Waals surface area contributed by atoms with E-state index >= 15 is 0 Å². The van der Waals surface area contributed by atoms with Crippen molar-refractivity contribution in [2.45, 2.75) is 82.6 Å². The SMILES string of the molecule is Cc1cc(C(C)(C)O)ccc1S(=O)(=O)NC(=O)C1CC(C)(C)c2cc(F)cc(C(C)C)c21. The fraction of sp³-hybridized carbons (Fsp3) is 0.480. The largest absolute Gasteiger partial charge is 0.386 e. The van der Waals surface area contributed by atoms with E-state index in [2.05, 4.69) is 4.72 Å². The molecule has 1 amide bonds. The topological polar surface area (TPSA) is 83.5 Å². The number of carbonyl (C=O) groups excluding carboxylic acids is 1. The third-order valence-corrected chi connectivity index (χ3v) is 7.82. The van der Waals surface area contributed by atoms with Crippen LogP contribution in [0.5, 0.6) is 0 Å². The lowest BCUT2D eigenvalue weighted by molar-refractivity contribution is -0.121. The summed E-state index contributed by atoms with van der Waals surface area (Å²) in [6.07, 6.45) is 0.392. The summed E-state index contributed by atoms with van der Waals surface area (Å²) < 4.78 is 42.7. The lowest BCUT2D eigenvalue weighted by atomic mass is 9.85. The smallest absolute Gasteiger partial charge is 0.264 e. The molecule has 0 radical (unpaired) electrons. The van der Waals surface area contributed by atoms with E-state index < -0.39 is 32.9 Å². The molecule has 2 N–H and O–H groups in total. The van der Waals surface area contributed by atoms with Gasteiger partial charge in [0.1, 0.15) is 5.82 Å². The molecule has 32 heavy (non-hydrogen) atoms. The van der Waals surface area contributed by atoms with Crippen LogP contribution in [0, 0.1) is 12.7 Å². The van der Waals surface area contributed by atoms with Crippen molar-refractivity contribution in [3.05, 3.63) is 64.0 Å². The molecule has 0 aliphatic heterocycles. The molecule has 2 aromatic rings. The van der Waals surface area contributed by atoms with Gasteiger partial charge in [0.05, 0.1) is 16.4 Å². The number of aliphatic hydroxyl groups is 1. The molecule has 0 fully saturated rings. The van der Waals surface area contributed by atoms with Gasteiger partial charge in [0.2, 0.25) is 5.91 Å². The molecular formula is C25H32FNO4S. The lowest BCUT2D eigenvalue weighted by Crippen LogP contribution is -2.35. The first-order chi connectivity index (χ1) is 14.5. The van der Waals surface area contributed by atoms with E-state index in [1.807, 2.05) is 27.7 Å². The summed E-state index contributed by atoms with van der Waals surface area (Å²) in [5.41, 5.74) is 1.65. The second-order valence-corrected chi connectivity index (χ2v) is 11.9. The Morgan fingerprint density at radius 2 is 1.84 bits per heavy atom. The van der Waals surface area contributed by atoms with Gasteiger partial charge in [-0.05, 0) is 84.5 Å². The molecule has 174 valence electrons. The Balaban J connectivity index is 1.99. The average molecular weight is 462 g/mol. The number of fused-ring (bicyclic) bond motifs is 1. The van der Waals surface area contributed by atoms with Gasteiger partial charge < -0.3 is 5.11 Å². The van der Waals surface area contributed by atoms with Gasteiger partial charge in [0.15, 0.2) is 0 Å². The number of carbonyl (C=O) groups is 1. The highest BCUT2D eigenvalue weighted by molar-refractivity contribution is 7.90. The zero-order valence-corrected chi connectivity index (χ0v) is 20.5. The number of halogens is 1. The molecule has 3 rings (SSSR count). The molecule has 0 saturated carbocycles. The maximum atomic E-state index is 14.3. The number of aryl methyl sites for hydroxylation is 1. The summed E-state index contributed by atoms with van der Waals surface area (Å²) in [7, 11) is -4.13. The third kappa shape index (κ3) is 4.46. The molecule has 0 saturated heterocycles. The highest BCUT2D eigenvalue weighted by atomic mass is 32.2. The zero-order valence-electron chi connectivity index (χ0n) is 19.7. The van der Waals surface area contributed by atoms with Crippen molar-refractivity contribution in [3.63, 3.8) is 0 Å². The van der Waals surface area contributed by atoms with E-state index in [0.717, 1.165) is 16.7 Å². The number of sulfonamides is 1. The molecule has 0 aromatic heterocycles. The van der Waals surface area contributed by atoms with Crippen LogP contribution >= 0.6 is 0 Å². The van der Waals surface area contributed by atoms with Crippen LogP contribution in [0.1, 0.15) is 87.6 Å². The summed E-state index contributed by atoms with van der Waals surface area (Å²) in [4.78, 5) is 13.2. The van der Waals surface area contributed by atoms with Gasteiger partial charge in [0, 0.05) is 0 Å². The van der Waals surface area contributed by atoms with Crippen molar-refractivity contribution in [3.8, 4) is 0 Å². The predicted molar refractivity (Wildman–Crippen MR) is 123 cm³/mol. The zero-order chi connectivity index (χ0) is 24.2. The summed E-state index contributed by atoms with van der Waals surface area (Å²) in [6.45, 7) is 12.6. The fourth-order valence-corrected chi connectivity index (χ4v) is 5.85. The number of rotatable bonds is 5. The summed E-state index contributed by atoms with van der Waals surface area (Å²) >= 11 is 0. The number of nitrogens with one attached hydrogen (secondary N) is 1. The monoisotopic (exact) mass is 461 g/mol. The number of benzene rings is 2. The van der Waals surface area contributed by atoms with Crippen LogP contribution in [-0.2, 0) is 25.8 Å². The maximum Gasteiger partial charge on any atom is 0.264 e. The van der Waals surface area contributed by atoms with Gasteiger partial charge >= 0.3 is 0 Å². The molecule has 0 bridgehead atoms. The van der Waals surface area contributed by atoms with Crippen LogP contribution in [0.3, 0.4) is 0 Å². The molecule has 1 aliphatic carbocycles. The summed E-state index contributed by atoms with van der Waals surface area (Å²) in [5, 5.41) is 10.2. The molecule has 5 nitrogen and oxygen atoms in total. The minimum Gasteiger partial charge on any atom is -0.386 e. The fourth-order valence-electron chi connectivity index (χ4n) is 4.60. The van der Waals surface area contributed by atoms with Gasteiger partial charge in [-0.2, -0.15) is 0 Å². The molecular weight excluding hydrogens is 429 g/mol. The molecule has 0 spiro atoms. The maximum absolute atomic E-state index is 14.3. The third-order valence-electron chi connectivity index (χ3n) is 6.31. The second kappa shape index (κ2) is 7.96. The van der Waals surface area contributed by atoms with E-state index in [9.17, 15) is 22.7 Å². The van der Waals surface area contributed by atoms with Crippen molar-refractivity contribution < 1.29 is 22.7 Å². The Morgan fingerprint density at radius 1 is 1.22 bits per heavy atom. The second-order valence-electron chi connectivity index (χ2n) is 10.3. The minimum atomic E-state index is -4.13. The first kappa shape index (κ1) is 24.4. The molecule has 7 heteroatoms. The van der Waals surface area contributed by atoms with E-state index in [4.69, 9.17) is 0 Å². The molecule has 1 unspecified atom stereocenters. The van der Waals surface area contributed by atoms with E-state index in [1.165, 1.54) is 18.2 Å². The van der Waals surface area contributed by atoms with Crippen LogP contribution in [0.4, 0.5) is 4.39 Å². The van der Waals surface area contributed by atoms with Crippen molar-refractivity contribution in [2.24, 2.45) is 0 Å². The first-order valence-electron chi connectivity index (χ1n) is 10.8. The Morgan fingerprint density at radius 3 is 2.38 bits per heavy atom. The Labute approximate surface area is 190 Å². The van der Waals surface area contributed by atoms with Crippen LogP contribution in [0.2, 0.25) is 0 Å². The predicted octanol–water partition coefficient (Wildman–Crippen LogP) is 4.75. The highest BCUT2D eigenvalue weighted by Crippen LogP contribution is 2.49. The lowest BCUT2D eigenvalue weighted by Gasteiger charge is -2.20. The molecule has 0 heterocycles. The van der Waals surface area contributed by atoms with Crippen molar-refractivity contribution in [1.82, 2.24) is 4.72 Å². The van der Waals surface area contributed by atoms with E-state index in [0.29, 0.717) is 17.5 Å². The molecule has 1 atom stereocenters. The van der Waals surface area contributed by atoms with Crippen molar-refractivity contribution >= 4 is 15.9 Å².